The molecule has 2 aromatic heterocycles. The number of phenolic OH excluding ortho intramolecular Hbond substituents is 1. The number of rotatable bonds is 3. The highest BCUT2D eigenvalue weighted by Gasteiger charge is 2.12. The van der Waals surface area contributed by atoms with Crippen molar-refractivity contribution >= 4 is 11.2 Å². The summed E-state index contributed by atoms with van der Waals surface area (Å²) in [6.45, 7) is 0.549. The first-order chi connectivity index (χ1) is 11.7. The lowest BCUT2D eigenvalue weighted by atomic mass is 10.2. The molecule has 0 spiro atoms. The highest BCUT2D eigenvalue weighted by Crippen LogP contribution is 2.20. The number of aromatic hydroxyl groups is 1. The molecular weight excluding hydrogens is 304 g/mol. The van der Waals surface area contributed by atoms with Crippen LogP contribution in [0.4, 0.5) is 0 Å². The lowest BCUT2D eigenvalue weighted by Crippen LogP contribution is -2.13. The Morgan fingerprint density at radius 2 is 1.92 bits per heavy atom. The molecule has 0 bridgehead atoms. The van der Waals surface area contributed by atoms with Gasteiger partial charge in [0.15, 0.2) is 11.2 Å². The standard InChI is InChI=1S/C18H14N4O2/c23-14-8-4-7-13(9-14)16-20-17-15(18(24)21-16)22(11-19-17)10-12-5-2-1-3-6-12/h1-9,11,23H,10H2,(H,20,21,24). The number of nitrogens with zero attached hydrogens (tertiary/aromatic N) is 3. The van der Waals surface area contributed by atoms with E-state index in [1.54, 1.807) is 35.2 Å². The Balaban J connectivity index is 1.80. The van der Waals surface area contributed by atoms with Crippen LogP contribution in [0.3, 0.4) is 0 Å². The lowest BCUT2D eigenvalue weighted by molar-refractivity contribution is 0.475. The smallest absolute Gasteiger partial charge is 0.277 e. The van der Waals surface area contributed by atoms with Gasteiger partial charge in [0.05, 0.1) is 6.33 Å². The predicted molar refractivity (Wildman–Crippen MR) is 90.8 cm³/mol. The van der Waals surface area contributed by atoms with Crippen molar-refractivity contribution in [2.24, 2.45) is 0 Å². The third-order valence-corrected chi connectivity index (χ3v) is 3.80. The van der Waals surface area contributed by atoms with Crippen molar-refractivity contribution in [2.45, 2.75) is 6.54 Å². The zero-order valence-electron chi connectivity index (χ0n) is 12.7. The van der Waals surface area contributed by atoms with Gasteiger partial charge >= 0.3 is 0 Å². The number of aromatic nitrogens is 4. The van der Waals surface area contributed by atoms with Crippen LogP contribution in [0, 0.1) is 0 Å². The Morgan fingerprint density at radius 1 is 1.08 bits per heavy atom. The molecule has 2 aromatic carbocycles. The van der Waals surface area contributed by atoms with Gasteiger partial charge in [-0.05, 0) is 17.7 Å². The van der Waals surface area contributed by atoms with Gasteiger partial charge in [-0.2, -0.15) is 0 Å². The van der Waals surface area contributed by atoms with Gasteiger partial charge in [0, 0.05) is 12.1 Å². The average Bonchev–Trinajstić information content (AvgIpc) is 2.99. The maximum Gasteiger partial charge on any atom is 0.277 e. The summed E-state index contributed by atoms with van der Waals surface area (Å²) in [6, 6.07) is 16.4. The minimum atomic E-state index is -0.258. The minimum absolute atomic E-state index is 0.116. The lowest BCUT2D eigenvalue weighted by Gasteiger charge is -2.05. The first-order valence-electron chi connectivity index (χ1n) is 7.49. The van der Waals surface area contributed by atoms with Gasteiger partial charge < -0.3 is 14.7 Å². The van der Waals surface area contributed by atoms with Crippen molar-refractivity contribution in [2.75, 3.05) is 0 Å². The Kier molecular flexibility index (Phi) is 3.35. The molecule has 0 fully saturated rings. The molecule has 0 amide bonds. The quantitative estimate of drug-likeness (QED) is 0.608. The van der Waals surface area contributed by atoms with Gasteiger partial charge in [-0.15, -0.1) is 0 Å². The topological polar surface area (TPSA) is 83.8 Å². The molecule has 0 aliphatic carbocycles. The predicted octanol–water partition coefficient (Wildman–Crippen LogP) is 2.54. The first kappa shape index (κ1) is 14.2. The van der Waals surface area contributed by atoms with E-state index in [0.29, 0.717) is 29.1 Å². The summed E-state index contributed by atoms with van der Waals surface area (Å²) in [5, 5.41) is 9.59. The van der Waals surface area contributed by atoms with E-state index >= 15 is 0 Å². The molecule has 0 radical (unpaired) electrons. The number of H-pyrrole nitrogens is 1. The number of phenols is 1. The molecule has 6 nitrogen and oxygen atoms in total. The van der Waals surface area contributed by atoms with Crippen molar-refractivity contribution in [1.29, 1.82) is 0 Å². The molecule has 0 saturated carbocycles. The maximum atomic E-state index is 12.5. The Hall–Kier alpha value is -3.41. The molecule has 118 valence electrons. The van der Waals surface area contributed by atoms with Crippen LogP contribution in [-0.2, 0) is 6.54 Å². The Morgan fingerprint density at radius 3 is 2.71 bits per heavy atom. The molecule has 4 rings (SSSR count). The normalized spacial score (nSPS) is 11.0. The highest BCUT2D eigenvalue weighted by atomic mass is 16.3. The SMILES string of the molecule is O=c1[nH]c(-c2cccc(O)c2)nc2ncn(Cc3ccccc3)c12. The van der Waals surface area contributed by atoms with Gasteiger partial charge in [-0.25, -0.2) is 9.97 Å². The molecule has 6 heteroatoms. The summed E-state index contributed by atoms with van der Waals surface area (Å²) in [4.78, 5) is 23.9. The molecule has 2 heterocycles. The minimum Gasteiger partial charge on any atom is -0.508 e. The summed E-state index contributed by atoms with van der Waals surface area (Å²) in [5.74, 6) is 0.498. The molecule has 2 N–H and O–H groups in total. The van der Waals surface area contributed by atoms with Crippen LogP contribution >= 0.6 is 0 Å². The highest BCUT2D eigenvalue weighted by molar-refractivity contribution is 5.73. The van der Waals surface area contributed by atoms with Crippen molar-refractivity contribution in [1.82, 2.24) is 19.5 Å². The zero-order valence-corrected chi connectivity index (χ0v) is 12.7. The largest absolute Gasteiger partial charge is 0.508 e. The summed E-state index contributed by atoms with van der Waals surface area (Å²) >= 11 is 0. The first-order valence-corrected chi connectivity index (χ1v) is 7.49. The van der Waals surface area contributed by atoms with Gasteiger partial charge in [0.2, 0.25) is 0 Å². The summed E-state index contributed by atoms with van der Waals surface area (Å²) in [5.41, 5.74) is 2.27. The second kappa shape index (κ2) is 5.66. The van der Waals surface area contributed by atoms with Crippen LogP contribution in [0.2, 0.25) is 0 Å². The van der Waals surface area contributed by atoms with Crippen LogP contribution in [-0.4, -0.2) is 24.6 Å². The third kappa shape index (κ3) is 2.54. The van der Waals surface area contributed by atoms with Crippen LogP contribution in [0.5, 0.6) is 5.75 Å². The fraction of sp³-hybridized carbons (Fsp3) is 0.0556. The summed E-state index contributed by atoms with van der Waals surface area (Å²) in [6.07, 6.45) is 1.62. The summed E-state index contributed by atoms with van der Waals surface area (Å²) in [7, 11) is 0. The molecule has 24 heavy (non-hydrogen) atoms. The fourth-order valence-electron chi connectivity index (χ4n) is 2.68. The molecular formula is C18H14N4O2. The summed E-state index contributed by atoms with van der Waals surface area (Å²) < 4.78 is 1.78. The van der Waals surface area contributed by atoms with Gasteiger partial charge in [-0.1, -0.05) is 42.5 Å². The van der Waals surface area contributed by atoms with E-state index in [4.69, 9.17) is 0 Å². The number of fused-ring (bicyclic) bond motifs is 1. The van der Waals surface area contributed by atoms with Gasteiger partial charge in [0.25, 0.3) is 5.56 Å². The van der Waals surface area contributed by atoms with E-state index in [2.05, 4.69) is 15.0 Å². The second-order valence-electron chi connectivity index (χ2n) is 5.50. The number of aromatic amines is 1. The zero-order chi connectivity index (χ0) is 16.5. The molecule has 0 unspecified atom stereocenters. The molecule has 0 aliphatic rings. The Bertz CT molecular complexity index is 1070. The van der Waals surface area contributed by atoms with Crippen LogP contribution in [0.25, 0.3) is 22.6 Å². The van der Waals surface area contributed by atoms with Crippen molar-refractivity contribution in [3.8, 4) is 17.1 Å². The number of benzene rings is 2. The molecule has 0 atom stereocenters. The number of hydrogen-bond acceptors (Lipinski definition) is 4. The van der Waals surface area contributed by atoms with E-state index in [-0.39, 0.29) is 11.3 Å². The van der Waals surface area contributed by atoms with Crippen LogP contribution in [0.15, 0.2) is 65.7 Å². The molecule has 0 saturated heterocycles. The third-order valence-electron chi connectivity index (χ3n) is 3.80. The monoisotopic (exact) mass is 318 g/mol. The van der Waals surface area contributed by atoms with Crippen LogP contribution < -0.4 is 5.56 Å². The van der Waals surface area contributed by atoms with Crippen LogP contribution in [0.1, 0.15) is 5.56 Å². The van der Waals surface area contributed by atoms with E-state index in [0.717, 1.165) is 5.56 Å². The van der Waals surface area contributed by atoms with Crippen molar-refractivity contribution in [3.05, 3.63) is 76.8 Å². The van der Waals surface area contributed by atoms with E-state index in [1.807, 2.05) is 30.3 Å². The van der Waals surface area contributed by atoms with Crippen molar-refractivity contribution in [3.63, 3.8) is 0 Å². The fourth-order valence-corrected chi connectivity index (χ4v) is 2.68. The number of nitrogens with one attached hydrogen (secondary N) is 1. The van der Waals surface area contributed by atoms with E-state index < -0.39 is 0 Å². The second-order valence-corrected chi connectivity index (χ2v) is 5.50. The van der Waals surface area contributed by atoms with Crippen molar-refractivity contribution < 1.29 is 5.11 Å². The average molecular weight is 318 g/mol. The van der Waals surface area contributed by atoms with E-state index in [9.17, 15) is 9.90 Å². The van der Waals surface area contributed by atoms with E-state index in [1.165, 1.54) is 0 Å². The maximum absolute atomic E-state index is 12.5. The van der Waals surface area contributed by atoms with Gasteiger partial charge in [-0.3, -0.25) is 4.79 Å². The van der Waals surface area contributed by atoms with Gasteiger partial charge in [0.1, 0.15) is 11.6 Å². The Labute approximate surface area is 137 Å². The number of hydrogen-bond donors (Lipinski definition) is 2. The molecule has 4 aromatic rings. The number of imidazole rings is 1. The molecule has 0 aliphatic heterocycles.